The van der Waals surface area contributed by atoms with Crippen molar-refractivity contribution in [3.63, 3.8) is 0 Å². The van der Waals surface area contributed by atoms with Gasteiger partial charge in [-0.25, -0.2) is 4.98 Å². The molecule has 3 heterocycles. The van der Waals surface area contributed by atoms with Crippen LogP contribution >= 0.6 is 0 Å². The van der Waals surface area contributed by atoms with Crippen molar-refractivity contribution in [3.8, 4) is 0 Å². The number of ether oxygens (including phenoxy) is 1. The molecule has 4 unspecified atom stereocenters. The number of hydrogen-bond acceptors (Lipinski definition) is 4. The van der Waals surface area contributed by atoms with E-state index in [0.29, 0.717) is 18.2 Å². The molecule has 1 aliphatic carbocycles. The average Bonchev–Trinajstić information content (AvgIpc) is 3.01. The Morgan fingerprint density at radius 1 is 1.32 bits per heavy atom. The molecule has 22 heavy (non-hydrogen) atoms. The molecule has 1 aromatic heterocycles. The van der Waals surface area contributed by atoms with Crippen molar-refractivity contribution in [1.29, 1.82) is 0 Å². The van der Waals surface area contributed by atoms with Gasteiger partial charge >= 0.3 is 0 Å². The monoisotopic (exact) mass is 301 g/mol. The molecule has 0 radical (unpaired) electrons. The second-order valence-electron chi connectivity index (χ2n) is 7.68. The summed E-state index contributed by atoms with van der Waals surface area (Å²) >= 11 is 0. The highest BCUT2D eigenvalue weighted by Gasteiger charge is 2.59. The Labute approximate surface area is 133 Å². The third-order valence-corrected chi connectivity index (χ3v) is 5.91. The van der Waals surface area contributed by atoms with Crippen LogP contribution in [-0.2, 0) is 4.74 Å². The minimum absolute atomic E-state index is 0.272. The maximum absolute atomic E-state index is 5.92. The summed E-state index contributed by atoms with van der Waals surface area (Å²) in [5, 5.41) is 3.97. The second-order valence-corrected chi connectivity index (χ2v) is 7.68. The van der Waals surface area contributed by atoms with Crippen LogP contribution in [-0.4, -0.2) is 42.9 Å². The van der Waals surface area contributed by atoms with Crippen LogP contribution in [0, 0.1) is 11.3 Å². The first-order chi connectivity index (χ1) is 10.7. The van der Waals surface area contributed by atoms with Crippen molar-refractivity contribution >= 4 is 5.82 Å². The fourth-order valence-corrected chi connectivity index (χ4v) is 4.78. The third kappa shape index (κ3) is 2.33. The number of nitrogens with one attached hydrogen (secondary N) is 1. The maximum atomic E-state index is 5.92. The number of hydrogen-bond donors (Lipinski definition) is 1. The van der Waals surface area contributed by atoms with E-state index in [1.54, 1.807) is 0 Å². The van der Waals surface area contributed by atoms with Gasteiger partial charge in [-0.1, -0.05) is 19.9 Å². The van der Waals surface area contributed by atoms with Gasteiger partial charge in [-0.2, -0.15) is 0 Å². The van der Waals surface area contributed by atoms with E-state index in [4.69, 9.17) is 4.74 Å². The Bertz CT molecular complexity index is 518. The average molecular weight is 301 g/mol. The SMILES string of the molecule is CC1(C)C(NC2CCCN(c3ccccn3)C2)C2CCOC21. The lowest BCUT2D eigenvalue weighted by Gasteiger charge is -2.56. The normalized spacial score (nSPS) is 36.7. The largest absolute Gasteiger partial charge is 0.377 e. The number of rotatable bonds is 3. The lowest BCUT2D eigenvalue weighted by atomic mass is 9.57. The van der Waals surface area contributed by atoms with Crippen LogP contribution in [0.4, 0.5) is 5.82 Å². The highest BCUT2D eigenvalue weighted by atomic mass is 16.5. The second kappa shape index (κ2) is 5.50. The predicted molar refractivity (Wildman–Crippen MR) is 88.0 cm³/mol. The van der Waals surface area contributed by atoms with Gasteiger partial charge in [0.2, 0.25) is 0 Å². The highest BCUT2D eigenvalue weighted by molar-refractivity contribution is 5.38. The fourth-order valence-electron chi connectivity index (χ4n) is 4.78. The Morgan fingerprint density at radius 2 is 2.23 bits per heavy atom. The summed E-state index contributed by atoms with van der Waals surface area (Å²) in [6.45, 7) is 7.86. The van der Waals surface area contributed by atoms with Gasteiger partial charge in [-0.15, -0.1) is 0 Å². The van der Waals surface area contributed by atoms with E-state index < -0.39 is 0 Å². The number of piperidine rings is 1. The van der Waals surface area contributed by atoms with Gasteiger partial charge in [0, 0.05) is 49.3 Å². The fraction of sp³-hybridized carbons (Fsp3) is 0.722. The molecule has 2 aliphatic heterocycles. The molecule has 3 aliphatic rings. The topological polar surface area (TPSA) is 37.4 Å². The predicted octanol–water partition coefficient (Wildman–Crippen LogP) is 2.45. The van der Waals surface area contributed by atoms with Crippen molar-refractivity contribution in [2.24, 2.45) is 11.3 Å². The summed E-state index contributed by atoms with van der Waals surface area (Å²) in [6, 6.07) is 7.36. The van der Waals surface area contributed by atoms with Crippen LogP contribution in [0.5, 0.6) is 0 Å². The summed E-state index contributed by atoms with van der Waals surface area (Å²) in [4.78, 5) is 6.94. The standard InChI is InChI=1S/C18H27N3O/c1-18(2)16(14-8-11-22-17(14)18)20-13-6-5-10-21(12-13)15-7-3-4-9-19-15/h3-4,7,9,13-14,16-17,20H,5-6,8,10-12H2,1-2H3. The number of aromatic nitrogens is 1. The first-order valence-electron chi connectivity index (χ1n) is 8.70. The highest BCUT2D eigenvalue weighted by Crippen LogP contribution is 2.52. The molecule has 1 saturated carbocycles. The first-order valence-corrected chi connectivity index (χ1v) is 8.70. The van der Waals surface area contributed by atoms with E-state index in [0.717, 1.165) is 31.4 Å². The van der Waals surface area contributed by atoms with Crippen molar-refractivity contribution in [2.45, 2.75) is 51.3 Å². The zero-order valence-corrected chi connectivity index (χ0v) is 13.7. The summed E-state index contributed by atoms with van der Waals surface area (Å²) in [5.41, 5.74) is 0.272. The minimum Gasteiger partial charge on any atom is -0.377 e. The molecule has 0 aromatic carbocycles. The van der Waals surface area contributed by atoms with E-state index in [-0.39, 0.29) is 5.41 Å². The number of fused-ring (bicyclic) bond motifs is 1. The van der Waals surface area contributed by atoms with Gasteiger partial charge in [0.15, 0.2) is 0 Å². The van der Waals surface area contributed by atoms with Crippen molar-refractivity contribution in [1.82, 2.24) is 10.3 Å². The van der Waals surface area contributed by atoms with Crippen LogP contribution in [0.2, 0.25) is 0 Å². The number of anilines is 1. The molecule has 0 bridgehead atoms. The molecular formula is C18H27N3O. The summed E-state index contributed by atoms with van der Waals surface area (Å²) in [7, 11) is 0. The van der Waals surface area contributed by atoms with Crippen LogP contribution in [0.3, 0.4) is 0 Å². The van der Waals surface area contributed by atoms with Gasteiger partial charge < -0.3 is 15.0 Å². The van der Waals surface area contributed by atoms with E-state index in [1.807, 2.05) is 12.3 Å². The van der Waals surface area contributed by atoms with Gasteiger partial charge in [0.25, 0.3) is 0 Å². The van der Waals surface area contributed by atoms with Gasteiger partial charge in [0.05, 0.1) is 6.10 Å². The summed E-state index contributed by atoms with van der Waals surface area (Å²) in [5.74, 6) is 1.84. The van der Waals surface area contributed by atoms with Crippen LogP contribution in [0.25, 0.3) is 0 Å². The van der Waals surface area contributed by atoms with Crippen LogP contribution in [0.1, 0.15) is 33.1 Å². The molecule has 4 rings (SSSR count). The summed E-state index contributed by atoms with van der Waals surface area (Å²) in [6.07, 6.45) is 6.10. The Morgan fingerprint density at radius 3 is 3.05 bits per heavy atom. The molecule has 2 saturated heterocycles. The van der Waals surface area contributed by atoms with Gasteiger partial charge in [-0.3, -0.25) is 0 Å². The Hall–Kier alpha value is -1.13. The van der Waals surface area contributed by atoms with Gasteiger partial charge in [0.1, 0.15) is 5.82 Å². The zero-order chi connectivity index (χ0) is 15.2. The molecule has 120 valence electrons. The Balaban J connectivity index is 1.41. The molecule has 4 heteroatoms. The molecule has 1 aromatic rings. The third-order valence-electron chi connectivity index (χ3n) is 5.91. The number of pyridine rings is 1. The van der Waals surface area contributed by atoms with E-state index in [2.05, 4.69) is 41.2 Å². The molecule has 3 fully saturated rings. The van der Waals surface area contributed by atoms with Crippen molar-refractivity contribution in [3.05, 3.63) is 24.4 Å². The van der Waals surface area contributed by atoms with Crippen LogP contribution in [0.15, 0.2) is 24.4 Å². The first kappa shape index (κ1) is 14.5. The van der Waals surface area contributed by atoms with E-state index >= 15 is 0 Å². The molecule has 4 atom stereocenters. The van der Waals surface area contributed by atoms with Crippen LogP contribution < -0.4 is 10.2 Å². The quantitative estimate of drug-likeness (QED) is 0.930. The lowest BCUT2D eigenvalue weighted by Crippen LogP contribution is -2.68. The van der Waals surface area contributed by atoms with E-state index in [1.165, 1.54) is 19.3 Å². The van der Waals surface area contributed by atoms with Gasteiger partial charge in [-0.05, 0) is 31.4 Å². The molecule has 4 nitrogen and oxygen atoms in total. The molecular weight excluding hydrogens is 274 g/mol. The van der Waals surface area contributed by atoms with Crippen molar-refractivity contribution in [2.75, 3.05) is 24.6 Å². The number of nitrogens with zero attached hydrogens (tertiary/aromatic N) is 2. The molecule has 1 N–H and O–H groups in total. The maximum Gasteiger partial charge on any atom is 0.128 e. The zero-order valence-electron chi connectivity index (χ0n) is 13.7. The summed E-state index contributed by atoms with van der Waals surface area (Å²) < 4.78 is 5.92. The Kier molecular flexibility index (Phi) is 3.61. The minimum atomic E-state index is 0.272. The molecule has 0 spiro atoms. The van der Waals surface area contributed by atoms with E-state index in [9.17, 15) is 0 Å². The van der Waals surface area contributed by atoms with Crippen molar-refractivity contribution < 1.29 is 4.74 Å². The lowest BCUT2D eigenvalue weighted by molar-refractivity contribution is -0.115. The molecule has 0 amide bonds. The smallest absolute Gasteiger partial charge is 0.128 e.